The molecule has 0 bridgehead atoms. The number of rotatable bonds is 5. The SMILES string of the molecule is Cc1c(C(=O)Nc2ccc(N3CCN(C(=O)c4ccc(Cl)cc4)CC3)cc2)cccc1[N+](=O)[O-]. The van der Waals surface area contributed by atoms with Gasteiger partial charge in [0.05, 0.1) is 4.92 Å². The number of hydrogen-bond acceptors (Lipinski definition) is 5. The molecular weight excluding hydrogens is 456 g/mol. The van der Waals surface area contributed by atoms with Crippen LogP contribution in [0.4, 0.5) is 17.1 Å². The number of anilines is 2. The fourth-order valence-corrected chi connectivity index (χ4v) is 4.09. The molecule has 3 aromatic rings. The molecule has 9 heteroatoms. The summed E-state index contributed by atoms with van der Waals surface area (Å²) in [6.07, 6.45) is 0. The van der Waals surface area contributed by atoms with Gasteiger partial charge in [0.15, 0.2) is 0 Å². The van der Waals surface area contributed by atoms with E-state index in [4.69, 9.17) is 11.6 Å². The van der Waals surface area contributed by atoms with Crippen molar-refractivity contribution in [2.45, 2.75) is 6.92 Å². The normalized spacial score (nSPS) is 13.5. The fourth-order valence-electron chi connectivity index (χ4n) is 3.96. The largest absolute Gasteiger partial charge is 0.368 e. The lowest BCUT2D eigenvalue weighted by Crippen LogP contribution is -2.48. The Morgan fingerprint density at radius 1 is 0.941 bits per heavy atom. The third-order valence-corrected chi connectivity index (χ3v) is 6.15. The third kappa shape index (κ3) is 5.02. The first-order valence-corrected chi connectivity index (χ1v) is 11.2. The van der Waals surface area contributed by atoms with E-state index in [0.29, 0.717) is 48.0 Å². The van der Waals surface area contributed by atoms with Crippen LogP contribution in [0.15, 0.2) is 66.7 Å². The number of nitro groups is 1. The van der Waals surface area contributed by atoms with Crippen LogP contribution in [0.25, 0.3) is 0 Å². The van der Waals surface area contributed by atoms with Gasteiger partial charge in [0, 0.05) is 65.3 Å². The zero-order valence-electron chi connectivity index (χ0n) is 18.5. The van der Waals surface area contributed by atoms with E-state index in [2.05, 4.69) is 10.2 Å². The lowest BCUT2D eigenvalue weighted by Gasteiger charge is -2.36. The summed E-state index contributed by atoms with van der Waals surface area (Å²) < 4.78 is 0. The van der Waals surface area contributed by atoms with Crippen molar-refractivity contribution in [3.8, 4) is 0 Å². The van der Waals surface area contributed by atoms with Crippen LogP contribution in [-0.4, -0.2) is 47.8 Å². The summed E-state index contributed by atoms with van der Waals surface area (Å²) in [5.74, 6) is -0.408. The molecule has 0 atom stereocenters. The molecular formula is C25H23ClN4O4. The predicted octanol–water partition coefficient (Wildman–Crippen LogP) is 4.77. The number of nitrogens with one attached hydrogen (secondary N) is 1. The number of hydrogen-bond donors (Lipinski definition) is 1. The maximum atomic E-state index is 12.7. The number of halogens is 1. The third-order valence-electron chi connectivity index (χ3n) is 5.89. The van der Waals surface area contributed by atoms with Gasteiger partial charge in [-0.05, 0) is 61.5 Å². The molecule has 1 aliphatic heterocycles. The second kappa shape index (κ2) is 9.93. The van der Waals surface area contributed by atoms with Crippen LogP contribution in [-0.2, 0) is 0 Å². The van der Waals surface area contributed by atoms with Crippen molar-refractivity contribution >= 4 is 40.5 Å². The van der Waals surface area contributed by atoms with Crippen LogP contribution < -0.4 is 10.2 Å². The minimum atomic E-state index is -0.496. The first-order chi connectivity index (χ1) is 16.3. The highest BCUT2D eigenvalue weighted by atomic mass is 35.5. The fraction of sp³-hybridized carbons (Fsp3) is 0.200. The molecule has 3 aromatic carbocycles. The molecule has 2 amide bonds. The molecule has 1 N–H and O–H groups in total. The highest BCUT2D eigenvalue weighted by molar-refractivity contribution is 6.30. The van der Waals surface area contributed by atoms with Crippen LogP contribution >= 0.6 is 11.6 Å². The number of benzene rings is 3. The van der Waals surface area contributed by atoms with E-state index in [1.54, 1.807) is 49.4 Å². The van der Waals surface area contributed by atoms with Crippen molar-refractivity contribution in [2.75, 3.05) is 36.4 Å². The molecule has 34 heavy (non-hydrogen) atoms. The van der Waals surface area contributed by atoms with Gasteiger partial charge in [-0.1, -0.05) is 17.7 Å². The zero-order chi connectivity index (χ0) is 24.2. The highest BCUT2D eigenvalue weighted by Crippen LogP contribution is 2.24. The van der Waals surface area contributed by atoms with Crippen molar-refractivity contribution < 1.29 is 14.5 Å². The van der Waals surface area contributed by atoms with E-state index < -0.39 is 10.8 Å². The molecule has 8 nitrogen and oxygen atoms in total. The Morgan fingerprint density at radius 3 is 2.21 bits per heavy atom. The summed E-state index contributed by atoms with van der Waals surface area (Å²) in [5, 5.41) is 14.5. The average molecular weight is 479 g/mol. The summed E-state index contributed by atoms with van der Waals surface area (Å²) in [4.78, 5) is 40.0. The van der Waals surface area contributed by atoms with E-state index >= 15 is 0 Å². The van der Waals surface area contributed by atoms with Gasteiger partial charge in [-0.15, -0.1) is 0 Å². The average Bonchev–Trinajstić information content (AvgIpc) is 2.84. The van der Waals surface area contributed by atoms with Gasteiger partial charge >= 0.3 is 0 Å². The number of nitrogens with zero attached hydrogens (tertiary/aromatic N) is 3. The van der Waals surface area contributed by atoms with Gasteiger partial charge in [-0.2, -0.15) is 0 Å². The quantitative estimate of drug-likeness (QED) is 0.421. The van der Waals surface area contributed by atoms with E-state index in [0.717, 1.165) is 5.69 Å². The molecule has 4 rings (SSSR count). The smallest absolute Gasteiger partial charge is 0.273 e. The summed E-state index contributed by atoms with van der Waals surface area (Å²) in [6, 6.07) is 18.8. The van der Waals surface area contributed by atoms with Crippen LogP contribution in [0.3, 0.4) is 0 Å². The van der Waals surface area contributed by atoms with Crippen molar-refractivity contribution in [2.24, 2.45) is 0 Å². The van der Waals surface area contributed by atoms with Gasteiger partial charge in [0.1, 0.15) is 0 Å². The maximum Gasteiger partial charge on any atom is 0.273 e. The van der Waals surface area contributed by atoms with Crippen molar-refractivity contribution in [1.29, 1.82) is 0 Å². The van der Waals surface area contributed by atoms with E-state index in [1.807, 2.05) is 17.0 Å². The molecule has 1 heterocycles. The summed E-state index contributed by atoms with van der Waals surface area (Å²) in [6.45, 7) is 4.15. The van der Waals surface area contributed by atoms with Gasteiger partial charge in [0.2, 0.25) is 0 Å². The lowest BCUT2D eigenvalue weighted by atomic mass is 10.1. The molecule has 0 aliphatic carbocycles. The second-order valence-electron chi connectivity index (χ2n) is 7.99. The topological polar surface area (TPSA) is 95.8 Å². The zero-order valence-corrected chi connectivity index (χ0v) is 19.3. The number of amides is 2. The molecule has 0 unspecified atom stereocenters. The Hall–Kier alpha value is -3.91. The molecule has 0 spiro atoms. The van der Waals surface area contributed by atoms with Gasteiger partial charge in [-0.25, -0.2) is 0 Å². The maximum absolute atomic E-state index is 12.7. The van der Waals surface area contributed by atoms with Crippen molar-refractivity contribution in [3.05, 3.63) is 98.6 Å². The van der Waals surface area contributed by atoms with Crippen LogP contribution in [0.1, 0.15) is 26.3 Å². The Bertz CT molecular complexity index is 1220. The summed E-state index contributed by atoms with van der Waals surface area (Å²) >= 11 is 5.90. The summed E-state index contributed by atoms with van der Waals surface area (Å²) in [5.41, 5.74) is 2.71. The Labute approximate surface area is 201 Å². The van der Waals surface area contributed by atoms with E-state index in [1.165, 1.54) is 12.1 Å². The van der Waals surface area contributed by atoms with Gasteiger partial charge in [0.25, 0.3) is 17.5 Å². The summed E-state index contributed by atoms with van der Waals surface area (Å²) in [7, 11) is 0. The van der Waals surface area contributed by atoms with Gasteiger partial charge in [-0.3, -0.25) is 19.7 Å². The van der Waals surface area contributed by atoms with Gasteiger partial charge < -0.3 is 15.1 Å². The Kier molecular flexibility index (Phi) is 6.79. The first-order valence-electron chi connectivity index (χ1n) is 10.8. The number of piperazine rings is 1. The van der Waals surface area contributed by atoms with Crippen LogP contribution in [0.2, 0.25) is 5.02 Å². The molecule has 0 radical (unpaired) electrons. The van der Waals surface area contributed by atoms with Crippen LogP contribution in [0.5, 0.6) is 0 Å². The lowest BCUT2D eigenvalue weighted by molar-refractivity contribution is -0.385. The standard InChI is InChI=1S/C25H23ClN4O4/c1-17-22(3-2-4-23(17)30(33)34)24(31)27-20-9-11-21(12-10-20)28-13-15-29(16-14-28)25(32)18-5-7-19(26)8-6-18/h2-12H,13-16H2,1H3,(H,27,31). The molecule has 0 aromatic heterocycles. The first kappa shape index (κ1) is 23.3. The second-order valence-corrected chi connectivity index (χ2v) is 8.43. The van der Waals surface area contributed by atoms with E-state index in [9.17, 15) is 19.7 Å². The van der Waals surface area contributed by atoms with Crippen molar-refractivity contribution in [3.63, 3.8) is 0 Å². The number of nitro benzene ring substituents is 1. The molecule has 1 saturated heterocycles. The number of carbonyl (C=O) groups is 2. The van der Waals surface area contributed by atoms with Crippen molar-refractivity contribution in [1.82, 2.24) is 4.90 Å². The monoisotopic (exact) mass is 478 g/mol. The molecule has 174 valence electrons. The number of carbonyl (C=O) groups excluding carboxylic acids is 2. The minimum absolute atomic E-state index is 0.00850. The van der Waals surface area contributed by atoms with Crippen LogP contribution in [0, 0.1) is 17.0 Å². The molecule has 0 saturated carbocycles. The Balaban J connectivity index is 1.36. The molecule has 1 aliphatic rings. The highest BCUT2D eigenvalue weighted by Gasteiger charge is 2.23. The predicted molar refractivity (Wildman–Crippen MR) is 132 cm³/mol. The minimum Gasteiger partial charge on any atom is -0.368 e. The van der Waals surface area contributed by atoms with E-state index in [-0.39, 0.29) is 17.2 Å². The molecule has 1 fully saturated rings. The Morgan fingerprint density at radius 2 is 1.59 bits per heavy atom.